The van der Waals surface area contributed by atoms with Crippen LogP contribution in [-0.2, 0) is 0 Å². The summed E-state index contributed by atoms with van der Waals surface area (Å²) in [6, 6.07) is 9.60. The molecule has 1 amide bonds. The summed E-state index contributed by atoms with van der Waals surface area (Å²) in [7, 11) is 0. The number of hydrogen-bond acceptors (Lipinski definition) is 1. The molecule has 2 nitrogen and oxygen atoms in total. The summed E-state index contributed by atoms with van der Waals surface area (Å²) in [4.78, 5) is 11.8. The smallest absolute Gasteiger partial charge is 0.257 e. The molecule has 2 rings (SSSR count). The predicted molar refractivity (Wildman–Crippen MR) is 65.8 cm³/mol. The van der Waals surface area contributed by atoms with Gasteiger partial charge in [0.2, 0.25) is 0 Å². The highest BCUT2D eigenvalue weighted by Crippen LogP contribution is 2.21. The minimum atomic E-state index is -0.838. The average molecular weight is 268 g/mol. The molecule has 0 atom stereocenters. The van der Waals surface area contributed by atoms with Gasteiger partial charge in [-0.1, -0.05) is 29.8 Å². The molecule has 0 aromatic heterocycles. The average Bonchev–Trinajstić information content (AvgIpc) is 2.34. The summed E-state index contributed by atoms with van der Waals surface area (Å²) in [6.45, 7) is 0. The molecule has 0 radical (unpaired) electrons. The van der Waals surface area contributed by atoms with Gasteiger partial charge in [-0.2, -0.15) is 0 Å². The SMILES string of the molecule is O=C(Nc1c(F)cccc1F)c1ccccc1Cl. The van der Waals surface area contributed by atoms with Crippen LogP contribution in [0, 0.1) is 11.6 Å². The number of hydrogen-bond donors (Lipinski definition) is 1. The number of benzene rings is 2. The summed E-state index contributed by atoms with van der Waals surface area (Å²) in [5.74, 6) is -2.34. The normalized spacial score (nSPS) is 10.2. The Kier molecular flexibility index (Phi) is 3.58. The molecule has 92 valence electrons. The van der Waals surface area contributed by atoms with E-state index < -0.39 is 23.2 Å². The van der Waals surface area contributed by atoms with Gasteiger partial charge in [-0.05, 0) is 24.3 Å². The highest BCUT2D eigenvalue weighted by molar-refractivity contribution is 6.34. The van der Waals surface area contributed by atoms with Gasteiger partial charge in [-0.15, -0.1) is 0 Å². The maximum atomic E-state index is 13.3. The second-order valence-corrected chi connectivity index (χ2v) is 3.94. The zero-order valence-electron chi connectivity index (χ0n) is 9.08. The molecule has 0 fully saturated rings. The first-order valence-corrected chi connectivity index (χ1v) is 5.47. The Hall–Kier alpha value is -1.94. The second kappa shape index (κ2) is 5.14. The summed E-state index contributed by atoms with van der Waals surface area (Å²) >= 11 is 5.82. The zero-order valence-corrected chi connectivity index (χ0v) is 9.84. The molecule has 2 aromatic carbocycles. The Morgan fingerprint density at radius 2 is 1.61 bits per heavy atom. The van der Waals surface area contributed by atoms with Crippen molar-refractivity contribution in [2.75, 3.05) is 5.32 Å². The molecular formula is C13H8ClF2NO. The zero-order chi connectivity index (χ0) is 13.1. The molecule has 0 saturated carbocycles. The summed E-state index contributed by atoms with van der Waals surface area (Å²) in [5.41, 5.74) is -0.329. The third-order valence-corrected chi connectivity index (χ3v) is 2.65. The van der Waals surface area contributed by atoms with Crippen LogP contribution in [-0.4, -0.2) is 5.91 Å². The molecule has 0 aliphatic rings. The molecule has 0 bridgehead atoms. The number of anilines is 1. The van der Waals surface area contributed by atoms with Crippen LogP contribution in [0.25, 0.3) is 0 Å². The van der Waals surface area contributed by atoms with Gasteiger partial charge in [0.25, 0.3) is 5.91 Å². The molecule has 0 aliphatic heterocycles. The standard InChI is InChI=1S/C13H8ClF2NO/c14-9-5-2-1-4-8(9)13(18)17-12-10(15)6-3-7-11(12)16/h1-7H,(H,17,18). The maximum Gasteiger partial charge on any atom is 0.257 e. The quantitative estimate of drug-likeness (QED) is 0.879. The van der Waals surface area contributed by atoms with Crippen LogP contribution in [0.4, 0.5) is 14.5 Å². The molecule has 1 N–H and O–H groups in total. The highest BCUT2D eigenvalue weighted by atomic mass is 35.5. The topological polar surface area (TPSA) is 29.1 Å². The number of carbonyl (C=O) groups excluding carboxylic acids is 1. The Balaban J connectivity index is 2.30. The molecule has 5 heteroatoms. The second-order valence-electron chi connectivity index (χ2n) is 3.53. The van der Waals surface area contributed by atoms with Gasteiger partial charge >= 0.3 is 0 Å². The Morgan fingerprint density at radius 3 is 2.22 bits per heavy atom. The van der Waals surface area contributed by atoms with Crippen molar-refractivity contribution in [2.24, 2.45) is 0 Å². The van der Waals surface area contributed by atoms with E-state index in [9.17, 15) is 13.6 Å². The number of para-hydroxylation sites is 1. The largest absolute Gasteiger partial charge is 0.317 e. The predicted octanol–water partition coefficient (Wildman–Crippen LogP) is 3.87. The van der Waals surface area contributed by atoms with Crippen molar-refractivity contribution in [1.82, 2.24) is 0 Å². The lowest BCUT2D eigenvalue weighted by molar-refractivity contribution is 0.102. The lowest BCUT2D eigenvalue weighted by atomic mass is 10.2. The first-order chi connectivity index (χ1) is 8.59. The van der Waals surface area contributed by atoms with Crippen LogP contribution in [0.1, 0.15) is 10.4 Å². The fraction of sp³-hybridized carbons (Fsp3) is 0. The Bertz CT molecular complexity index is 581. The summed E-state index contributed by atoms with van der Waals surface area (Å²) < 4.78 is 26.7. The van der Waals surface area contributed by atoms with Gasteiger partial charge in [0.05, 0.1) is 10.6 Å². The fourth-order valence-electron chi connectivity index (χ4n) is 1.44. The number of amides is 1. The molecule has 18 heavy (non-hydrogen) atoms. The van der Waals surface area contributed by atoms with Gasteiger partial charge < -0.3 is 5.32 Å². The van der Waals surface area contributed by atoms with E-state index in [0.717, 1.165) is 12.1 Å². The van der Waals surface area contributed by atoms with E-state index in [1.165, 1.54) is 18.2 Å². The van der Waals surface area contributed by atoms with Crippen LogP contribution in [0.2, 0.25) is 5.02 Å². The van der Waals surface area contributed by atoms with Crippen LogP contribution in [0.15, 0.2) is 42.5 Å². The van der Waals surface area contributed by atoms with Gasteiger partial charge in [0.1, 0.15) is 17.3 Å². The third kappa shape index (κ3) is 2.49. The number of nitrogens with one attached hydrogen (secondary N) is 1. The molecule has 2 aromatic rings. The van der Waals surface area contributed by atoms with Crippen LogP contribution < -0.4 is 5.32 Å². The Labute approximate surface area is 107 Å². The monoisotopic (exact) mass is 267 g/mol. The number of halogens is 3. The number of carbonyl (C=O) groups is 1. The lowest BCUT2D eigenvalue weighted by Crippen LogP contribution is -2.14. The van der Waals surface area contributed by atoms with Crippen LogP contribution in [0.3, 0.4) is 0 Å². The van der Waals surface area contributed by atoms with E-state index >= 15 is 0 Å². The highest BCUT2D eigenvalue weighted by Gasteiger charge is 2.14. The molecule has 0 spiro atoms. The maximum absolute atomic E-state index is 13.3. The van der Waals surface area contributed by atoms with Crippen molar-refractivity contribution in [3.05, 3.63) is 64.7 Å². The molecule has 0 aliphatic carbocycles. The van der Waals surface area contributed by atoms with Gasteiger partial charge in [0, 0.05) is 0 Å². The Morgan fingerprint density at radius 1 is 1.00 bits per heavy atom. The molecule has 0 unspecified atom stereocenters. The van der Waals surface area contributed by atoms with Crippen molar-refractivity contribution in [3.8, 4) is 0 Å². The van der Waals surface area contributed by atoms with Crippen molar-refractivity contribution >= 4 is 23.2 Å². The van der Waals surface area contributed by atoms with Crippen molar-refractivity contribution in [1.29, 1.82) is 0 Å². The van der Waals surface area contributed by atoms with Crippen molar-refractivity contribution in [2.45, 2.75) is 0 Å². The first-order valence-electron chi connectivity index (χ1n) is 5.09. The van der Waals surface area contributed by atoms with E-state index in [4.69, 9.17) is 11.6 Å². The van der Waals surface area contributed by atoms with E-state index in [1.807, 2.05) is 0 Å². The van der Waals surface area contributed by atoms with Gasteiger partial charge in [-0.25, -0.2) is 8.78 Å². The van der Waals surface area contributed by atoms with Crippen molar-refractivity contribution < 1.29 is 13.6 Å². The molecule has 0 heterocycles. The third-order valence-electron chi connectivity index (χ3n) is 2.32. The summed E-state index contributed by atoms with van der Waals surface area (Å²) in [5, 5.41) is 2.38. The van der Waals surface area contributed by atoms with E-state index in [0.29, 0.717) is 0 Å². The van der Waals surface area contributed by atoms with Gasteiger partial charge in [0.15, 0.2) is 0 Å². The minimum Gasteiger partial charge on any atom is -0.317 e. The van der Waals surface area contributed by atoms with Gasteiger partial charge in [-0.3, -0.25) is 4.79 Å². The van der Waals surface area contributed by atoms with E-state index in [2.05, 4.69) is 5.32 Å². The fourth-order valence-corrected chi connectivity index (χ4v) is 1.67. The lowest BCUT2D eigenvalue weighted by Gasteiger charge is -2.08. The molecule has 0 saturated heterocycles. The first kappa shape index (κ1) is 12.5. The van der Waals surface area contributed by atoms with Crippen LogP contribution in [0.5, 0.6) is 0 Å². The summed E-state index contributed by atoms with van der Waals surface area (Å²) in [6.07, 6.45) is 0. The van der Waals surface area contributed by atoms with Crippen LogP contribution >= 0.6 is 11.6 Å². The van der Waals surface area contributed by atoms with Crippen molar-refractivity contribution in [3.63, 3.8) is 0 Å². The molecular weight excluding hydrogens is 260 g/mol. The number of rotatable bonds is 2. The minimum absolute atomic E-state index is 0.154. The van der Waals surface area contributed by atoms with E-state index in [-0.39, 0.29) is 10.6 Å². The van der Waals surface area contributed by atoms with E-state index in [1.54, 1.807) is 12.1 Å².